The molecule has 0 radical (unpaired) electrons. The summed E-state index contributed by atoms with van der Waals surface area (Å²) in [5, 5.41) is 0. The van der Waals surface area contributed by atoms with Crippen molar-refractivity contribution in [1.29, 1.82) is 0 Å². The Kier molecular flexibility index (Phi) is 8.61. The number of aromatic nitrogens is 3. The molecular weight excluding hydrogens is 619 g/mol. The zero-order valence-electron chi connectivity index (χ0n) is 28.7. The molecule has 0 amide bonds. The summed E-state index contributed by atoms with van der Waals surface area (Å²) >= 11 is 0. The minimum absolute atomic E-state index is 0.200. The van der Waals surface area contributed by atoms with Crippen LogP contribution in [0.5, 0.6) is 0 Å². The van der Waals surface area contributed by atoms with E-state index in [2.05, 4.69) is 166 Å². The summed E-state index contributed by atoms with van der Waals surface area (Å²) in [5.74, 6) is 1.96. The highest BCUT2D eigenvalue weighted by molar-refractivity contribution is 5.72. The molecule has 244 valence electrons. The van der Waals surface area contributed by atoms with E-state index < -0.39 is 0 Å². The van der Waals surface area contributed by atoms with Gasteiger partial charge in [-0.1, -0.05) is 202 Å². The zero-order chi connectivity index (χ0) is 34.6. The van der Waals surface area contributed by atoms with Crippen molar-refractivity contribution in [3.8, 4) is 67.5 Å². The van der Waals surface area contributed by atoms with Crippen LogP contribution in [0.4, 0.5) is 0 Å². The van der Waals surface area contributed by atoms with E-state index in [1.807, 2.05) is 36.4 Å². The normalized spacial score (nSPS) is 11.3. The van der Waals surface area contributed by atoms with Crippen LogP contribution in [0.25, 0.3) is 67.5 Å². The molecule has 1 heterocycles. The largest absolute Gasteiger partial charge is 0.208 e. The van der Waals surface area contributed by atoms with Gasteiger partial charge in [-0.2, -0.15) is 0 Å². The van der Waals surface area contributed by atoms with Gasteiger partial charge in [0.1, 0.15) is 0 Å². The number of nitrogens with zero attached hydrogens (tertiary/aromatic N) is 3. The molecule has 0 atom stereocenters. The lowest BCUT2D eigenvalue weighted by molar-refractivity contribution is 0.641. The molecule has 0 aliphatic rings. The third-order valence-corrected chi connectivity index (χ3v) is 9.71. The van der Waals surface area contributed by atoms with Gasteiger partial charge in [0, 0.05) is 22.1 Å². The van der Waals surface area contributed by atoms with E-state index in [-0.39, 0.29) is 5.41 Å². The number of hydrogen-bond acceptors (Lipinski definition) is 3. The predicted molar refractivity (Wildman–Crippen MR) is 211 cm³/mol. The lowest BCUT2D eigenvalue weighted by atomic mass is 9.77. The molecule has 51 heavy (non-hydrogen) atoms. The predicted octanol–water partition coefficient (Wildman–Crippen LogP) is 12.2. The quantitative estimate of drug-likeness (QED) is 0.163. The third kappa shape index (κ3) is 6.75. The second-order valence-corrected chi connectivity index (χ2v) is 13.3. The summed E-state index contributed by atoms with van der Waals surface area (Å²) in [5.41, 5.74) is 12.3. The topological polar surface area (TPSA) is 38.7 Å². The third-order valence-electron chi connectivity index (χ3n) is 9.71. The van der Waals surface area contributed by atoms with Gasteiger partial charge in [0.05, 0.1) is 0 Å². The SMILES string of the molecule is CC(C)(c1ccc(-c2ccc(-c3ccccc3)cc2)cc1)c1ccc(-c2nc(-c3ccccc3)nc(-c3ccc(-c4ccccc4)cc3)n2)cc1. The average Bonchev–Trinajstić information content (AvgIpc) is 3.22. The maximum Gasteiger partial charge on any atom is 0.164 e. The maximum atomic E-state index is 4.99. The van der Waals surface area contributed by atoms with E-state index in [4.69, 9.17) is 15.0 Å². The Labute approximate surface area is 300 Å². The second kappa shape index (κ2) is 13.8. The highest BCUT2D eigenvalue weighted by Crippen LogP contribution is 2.35. The molecule has 0 aliphatic carbocycles. The molecule has 7 aromatic carbocycles. The molecule has 0 fully saturated rings. The first-order valence-corrected chi connectivity index (χ1v) is 17.4. The van der Waals surface area contributed by atoms with E-state index in [0.717, 1.165) is 22.3 Å². The lowest BCUT2D eigenvalue weighted by Crippen LogP contribution is -2.18. The smallest absolute Gasteiger partial charge is 0.164 e. The second-order valence-electron chi connectivity index (χ2n) is 13.3. The molecule has 1 aromatic heterocycles. The van der Waals surface area contributed by atoms with Crippen LogP contribution >= 0.6 is 0 Å². The minimum Gasteiger partial charge on any atom is -0.208 e. The van der Waals surface area contributed by atoms with Crippen LogP contribution < -0.4 is 0 Å². The molecule has 0 spiro atoms. The molecule has 8 aromatic rings. The van der Waals surface area contributed by atoms with Gasteiger partial charge in [-0.15, -0.1) is 0 Å². The lowest BCUT2D eigenvalue weighted by Gasteiger charge is -2.26. The Morgan fingerprint density at radius 3 is 0.804 bits per heavy atom. The Bertz CT molecular complexity index is 2370. The van der Waals surface area contributed by atoms with Crippen molar-refractivity contribution in [3.63, 3.8) is 0 Å². The van der Waals surface area contributed by atoms with Crippen molar-refractivity contribution in [2.75, 3.05) is 0 Å². The summed E-state index contributed by atoms with van der Waals surface area (Å²) in [7, 11) is 0. The summed E-state index contributed by atoms with van der Waals surface area (Å²) in [6.07, 6.45) is 0. The molecule has 0 bridgehead atoms. The van der Waals surface area contributed by atoms with Crippen molar-refractivity contribution < 1.29 is 0 Å². The first kappa shape index (κ1) is 31.8. The molecule has 0 saturated carbocycles. The van der Waals surface area contributed by atoms with Gasteiger partial charge in [-0.3, -0.25) is 0 Å². The molecule has 3 heteroatoms. The van der Waals surface area contributed by atoms with Crippen molar-refractivity contribution >= 4 is 0 Å². The van der Waals surface area contributed by atoms with Gasteiger partial charge in [0.15, 0.2) is 17.5 Å². The van der Waals surface area contributed by atoms with Crippen LogP contribution in [-0.2, 0) is 5.41 Å². The highest BCUT2D eigenvalue weighted by Gasteiger charge is 2.23. The minimum atomic E-state index is -0.200. The van der Waals surface area contributed by atoms with E-state index >= 15 is 0 Å². The van der Waals surface area contributed by atoms with E-state index in [0.29, 0.717) is 17.5 Å². The van der Waals surface area contributed by atoms with Crippen molar-refractivity contribution in [2.45, 2.75) is 19.3 Å². The van der Waals surface area contributed by atoms with Gasteiger partial charge in [0.25, 0.3) is 0 Å². The molecule has 0 unspecified atom stereocenters. The zero-order valence-corrected chi connectivity index (χ0v) is 28.7. The van der Waals surface area contributed by atoms with Gasteiger partial charge < -0.3 is 0 Å². The van der Waals surface area contributed by atoms with Crippen LogP contribution in [-0.4, -0.2) is 15.0 Å². The fourth-order valence-corrected chi connectivity index (χ4v) is 6.56. The van der Waals surface area contributed by atoms with Gasteiger partial charge in [0.2, 0.25) is 0 Å². The van der Waals surface area contributed by atoms with Crippen LogP contribution in [0.15, 0.2) is 188 Å². The Balaban J connectivity index is 1.06. The fourth-order valence-electron chi connectivity index (χ4n) is 6.56. The molecular formula is C48H37N3. The van der Waals surface area contributed by atoms with Gasteiger partial charge in [-0.05, 0) is 44.5 Å². The van der Waals surface area contributed by atoms with Crippen LogP contribution in [0.1, 0.15) is 25.0 Å². The number of benzene rings is 7. The Hall–Kier alpha value is -6.45. The van der Waals surface area contributed by atoms with Gasteiger partial charge >= 0.3 is 0 Å². The molecule has 0 aliphatic heterocycles. The molecule has 3 nitrogen and oxygen atoms in total. The highest BCUT2D eigenvalue weighted by atomic mass is 15.0. The van der Waals surface area contributed by atoms with Crippen molar-refractivity contribution in [2.24, 2.45) is 0 Å². The summed E-state index contributed by atoms with van der Waals surface area (Å²) in [4.78, 5) is 14.9. The van der Waals surface area contributed by atoms with Gasteiger partial charge in [-0.25, -0.2) is 15.0 Å². The van der Waals surface area contributed by atoms with Crippen LogP contribution in [0, 0.1) is 0 Å². The monoisotopic (exact) mass is 655 g/mol. The summed E-state index contributed by atoms with van der Waals surface area (Å²) in [6.45, 7) is 4.55. The van der Waals surface area contributed by atoms with Crippen molar-refractivity contribution in [1.82, 2.24) is 15.0 Å². The maximum absolute atomic E-state index is 4.99. The number of hydrogen-bond donors (Lipinski definition) is 0. The fraction of sp³-hybridized carbons (Fsp3) is 0.0625. The summed E-state index contributed by atoms with van der Waals surface area (Å²) in [6, 6.07) is 65.9. The standard InChI is InChI=1S/C48H37N3/c1-48(2,43-30-26-39(27-31-43)38-20-18-36(19-21-38)34-12-6-3-7-13-34)44-32-28-42(29-33-44)47-50-45(40-16-10-5-11-17-40)49-46(51-47)41-24-22-37(23-25-41)35-14-8-4-9-15-35/h3-33H,1-2H3. The summed E-state index contributed by atoms with van der Waals surface area (Å²) < 4.78 is 0. The van der Waals surface area contributed by atoms with E-state index in [1.54, 1.807) is 0 Å². The molecule has 8 rings (SSSR count). The Morgan fingerprint density at radius 1 is 0.255 bits per heavy atom. The number of rotatable bonds is 8. The Morgan fingerprint density at radius 2 is 0.471 bits per heavy atom. The molecule has 0 N–H and O–H groups in total. The first-order chi connectivity index (χ1) is 25.0. The van der Waals surface area contributed by atoms with Crippen LogP contribution in [0.2, 0.25) is 0 Å². The van der Waals surface area contributed by atoms with Crippen LogP contribution in [0.3, 0.4) is 0 Å². The first-order valence-electron chi connectivity index (χ1n) is 17.4. The average molecular weight is 656 g/mol. The molecule has 0 saturated heterocycles. The van der Waals surface area contributed by atoms with E-state index in [9.17, 15) is 0 Å². The van der Waals surface area contributed by atoms with E-state index in [1.165, 1.54) is 38.9 Å². The van der Waals surface area contributed by atoms with Crippen molar-refractivity contribution in [3.05, 3.63) is 199 Å².